The molecule has 1 fully saturated rings. The zero-order chi connectivity index (χ0) is 23.0. The number of Topliss-reactive ketones (excluding diaryl/α,β-unsaturated/α-hetero) is 1. The molecule has 0 saturated carbocycles. The number of methoxy groups -OCH3 is 1. The van der Waals surface area contributed by atoms with Crippen molar-refractivity contribution in [3.8, 4) is 5.75 Å². The SMILES string of the molecule is COc1ccccc1C1C(=C(O)c2c(C)nn(C)c2C)C(=O)C(=O)N1Cc1cccnc1. The minimum Gasteiger partial charge on any atom is -0.507 e. The molecule has 1 aliphatic rings. The molecule has 0 bridgehead atoms. The number of rotatable bonds is 5. The molecule has 2 aromatic heterocycles. The summed E-state index contributed by atoms with van der Waals surface area (Å²) in [5.41, 5.74) is 3.10. The van der Waals surface area contributed by atoms with Gasteiger partial charge in [0.05, 0.1) is 30.0 Å². The molecule has 164 valence electrons. The smallest absolute Gasteiger partial charge is 0.295 e. The second-order valence-corrected chi connectivity index (χ2v) is 7.70. The Morgan fingerprint density at radius 1 is 1.16 bits per heavy atom. The summed E-state index contributed by atoms with van der Waals surface area (Å²) in [7, 11) is 3.29. The van der Waals surface area contributed by atoms with E-state index in [1.807, 2.05) is 18.2 Å². The lowest BCUT2D eigenvalue weighted by molar-refractivity contribution is -0.140. The van der Waals surface area contributed by atoms with Crippen molar-refractivity contribution in [3.63, 3.8) is 0 Å². The van der Waals surface area contributed by atoms with Crippen LogP contribution in [0.1, 0.15) is 34.1 Å². The zero-order valence-corrected chi connectivity index (χ0v) is 18.4. The van der Waals surface area contributed by atoms with Gasteiger partial charge in [0.2, 0.25) is 0 Å². The molecule has 1 atom stereocenters. The molecule has 1 saturated heterocycles. The van der Waals surface area contributed by atoms with Gasteiger partial charge in [-0.25, -0.2) is 0 Å². The minimum atomic E-state index is -0.828. The molecular weight excluding hydrogens is 408 g/mol. The van der Waals surface area contributed by atoms with Crippen LogP contribution in [-0.2, 0) is 23.2 Å². The van der Waals surface area contributed by atoms with Crippen molar-refractivity contribution in [2.45, 2.75) is 26.4 Å². The number of aliphatic hydroxyl groups is 1. The average Bonchev–Trinajstić information content (AvgIpc) is 3.20. The Labute approximate surface area is 185 Å². The maximum atomic E-state index is 13.2. The minimum absolute atomic E-state index is 0.0163. The van der Waals surface area contributed by atoms with Crippen LogP contribution in [-0.4, -0.2) is 43.6 Å². The van der Waals surface area contributed by atoms with Gasteiger partial charge >= 0.3 is 0 Å². The summed E-state index contributed by atoms with van der Waals surface area (Å²) in [4.78, 5) is 32.0. The molecular formula is C24H24N4O4. The summed E-state index contributed by atoms with van der Waals surface area (Å²) in [6.07, 6.45) is 3.29. The second-order valence-electron chi connectivity index (χ2n) is 7.70. The van der Waals surface area contributed by atoms with E-state index in [2.05, 4.69) is 10.1 Å². The van der Waals surface area contributed by atoms with Gasteiger partial charge in [0.1, 0.15) is 11.5 Å². The van der Waals surface area contributed by atoms with Crippen LogP contribution in [0, 0.1) is 13.8 Å². The average molecular weight is 432 g/mol. The van der Waals surface area contributed by atoms with Crippen molar-refractivity contribution >= 4 is 17.4 Å². The van der Waals surface area contributed by atoms with E-state index in [0.717, 1.165) is 5.56 Å². The number of ketones is 1. The molecule has 1 amide bonds. The number of nitrogens with zero attached hydrogens (tertiary/aromatic N) is 4. The topological polar surface area (TPSA) is 97.5 Å². The van der Waals surface area contributed by atoms with E-state index < -0.39 is 17.7 Å². The molecule has 1 aliphatic heterocycles. The van der Waals surface area contributed by atoms with Crippen molar-refractivity contribution < 1.29 is 19.4 Å². The number of pyridine rings is 1. The number of aliphatic hydroxyl groups excluding tert-OH is 1. The molecule has 1 unspecified atom stereocenters. The van der Waals surface area contributed by atoms with E-state index in [0.29, 0.717) is 28.3 Å². The number of ether oxygens (including phenoxy) is 1. The largest absolute Gasteiger partial charge is 0.507 e. The highest BCUT2D eigenvalue weighted by molar-refractivity contribution is 6.46. The summed E-state index contributed by atoms with van der Waals surface area (Å²) in [6.45, 7) is 3.72. The van der Waals surface area contributed by atoms with Gasteiger partial charge in [-0.1, -0.05) is 24.3 Å². The third kappa shape index (κ3) is 3.43. The fourth-order valence-corrected chi connectivity index (χ4v) is 4.20. The van der Waals surface area contributed by atoms with E-state index in [4.69, 9.17) is 4.74 Å². The van der Waals surface area contributed by atoms with Gasteiger partial charge in [0.15, 0.2) is 0 Å². The van der Waals surface area contributed by atoms with E-state index >= 15 is 0 Å². The number of carbonyl (C=O) groups excluding carboxylic acids is 2. The van der Waals surface area contributed by atoms with Gasteiger partial charge in [-0.3, -0.25) is 19.3 Å². The van der Waals surface area contributed by atoms with Crippen molar-refractivity contribution in [1.29, 1.82) is 0 Å². The number of likely N-dealkylation sites (tertiary alicyclic amines) is 1. The highest BCUT2D eigenvalue weighted by Gasteiger charge is 2.47. The van der Waals surface area contributed by atoms with Crippen LogP contribution in [0.5, 0.6) is 5.75 Å². The molecule has 1 N–H and O–H groups in total. The van der Waals surface area contributed by atoms with E-state index in [-0.39, 0.29) is 17.9 Å². The van der Waals surface area contributed by atoms with Gasteiger partial charge in [0, 0.05) is 37.2 Å². The van der Waals surface area contributed by atoms with Crippen LogP contribution in [0.25, 0.3) is 5.76 Å². The lowest BCUT2D eigenvalue weighted by Gasteiger charge is -2.26. The predicted molar refractivity (Wildman–Crippen MR) is 118 cm³/mol. The maximum absolute atomic E-state index is 13.2. The van der Waals surface area contributed by atoms with Crippen molar-refractivity contribution in [2.75, 3.05) is 7.11 Å². The summed E-state index contributed by atoms with van der Waals surface area (Å²) in [5.74, 6) is -1.16. The van der Waals surface area contributed by atoms with Crippen LogP contribution < -0.4 is 4.74 Å². The molecule has 4 rings (SSSR count). The number of aromatic nitrogens is 3. The van der Waals surface area contributed by atoms with Crippen molar-refractivity contribution in [2.24, 2.45) is 7.05 Å². The Bertz CT molecular complexity index is 1230. The van der Waals surface area contributed by atoms with Crippen molar-refractivity contribution in [1.82, 2.24) is 19.7 Å². The van der Waals surface area contributed by atoms with Crippen LogP contribution in [0.3, 0.4) is 0 Å². The first-order chi connectivity index (χ1) is 15.3. The third-order valence-electron chi connectivity index (χ3n) is 5.80. The standard InChI is InChI=1S/C24H24N4O4/c1-14-19(15(2)27(3)26-14)22(29)20-21(17-9-5-6-10-18(17)32-4)28(24(31)23(20)30)13-16-8-7-11-25-12-16/h5-12,21,29H,13H2,1-4H3. The van der Waals surface area contributed by atoms with Gasteiger partial charge in [-0.05, 0) is 31.5 Å². The number of hydrogen-bond donors (Lipinski definition) is 1. The normalized spacial score (nSPS) is 17.8. The molecule has 3 heterocycles. The summed E-state index contributed by atoms with van der Waals surface area (Å²) in [6, 6.07) is 9.95. The Morgan fingerprint density at radius 3 is 2.53 bits per heavy atom. The molecule has 1 aromatic carbocycles. The van der Waals surface area contributed by atoms with E-state index in [9.17, 15) is 14.7 Å². The lowest BCUT2D eigenvalue weighted by atomic mass is 9.94. The predicted octanol–water partition coefficient (Wildman–Crippen LogP) is 3.06. The molecule has 3 aromatic rings. The fraction of sp³-hybridized carbons (Fsp3) is 0.250. The first-order valence-corrected chi connectivity index (χ1v) is 10.2. The first-order valence-electron chi connectivity index (χ1n) is 10.2. The number of aryl methyl sites for hydroxylation is 2. The monoisotopic (exact) mass is 432 g/mol. The zero-order valence-electron chi connectivity index (χ0n) is 18.4. The van der Waals surface area contributed by atoms with Crippen LogP contribution in [0.15, 0.2) is 54.4 Å². The quantitative estimate of drug-likeness (QED) is 0.378. The molecule has 0 radical (unpaired) electrons. The van der Waals surface area contributed by atoms with Gasteiger partial charge < -0.3 is 14.7 Å². The number of hydrogen-bond acceptors (Lipinski definition) is 6. The van der Waals surface area contributed by atoms with Crippen LogP contribution in [0.2, 0.25) is 0 Å². The number of benzene rings is 1. The van der Waals surface area contributed by atoms with Gasteiger partial charge in [-0.15, -0.1) is 0 Å². The number of amides is 1. The summed E-state index contributed by atoms with van der Waals surface area (Å²) >= 11 is 0. The Morgan fingerprint density at radius 2 is 1.91 bits per heavy atom. The van der Waals surface area contributed by atoms with E-state index in [1.54, 1.807) is 56.2 Å². The first kappa shape index (κ1) is 21.3. The lowest BCUT2D eigenvalue weighted by Crippen LogP contribution is -2.29. The van der Waals surface area contributed by atoms with Gasteiger partial charge in [-0.2, -0.15) is 5.10 Å². The number of para-hydroxylation sites is 1. The molecule has 0 spiro atoms. The molecule has 8 nitrogen and oxygen atoms in total. The second kappa shape index (κ2) is 8.30. The Hall–Kier alpha value is -3.94. The molecule has 0 aliphatic carbocycles. The maximum Gasteiger partial charge on any atom is 0.295 e. The number of carbonyl (C=O) groups is 2. The third-order valence-corrected chi connectivity index (χ3v) is 5.80. The van der Waals surface area contributed by atoms with Crippen LogP contribution in [0.4, 0.5) is 0 Å². The highest BCUT2D eigenvalue weighted by Crippen LogP contribution is 2.43. The van der Waals surface area contributed by atoms with Gasteiger partial charge in [0.25, 0.3) is 11.7 Å². The van der Waals surface area contributed by atoms with E-state index in [1.165, 1.54) is 12.0 Å². The Kier molecular flexibility index (Phi) is 5.52. The van der Waals surface area contributed by atoms with Crippen LogP contribution >= 0.6 is 0 Å². The summed E-state index contributed by atoms with van der Waals surface area (Å²) in [5, 5.41) is 15.7. The summed E-state index contributed by atoms with van der Waals surface area (Å²) < 4.78 is 7.16. The highest BCUT2D eigenvalue weighted by atomic mass is 16.5. The van der Waals surface area contributed by atoms with Crippen molar-refractivity contribution in [3.05, 3.63) is 82.4 Å². The fourth-order valence-electron chi connectivity index (χ4n) is 4.20. The molecule has 32 heavy (non-hydrogen) atoms. The Balaban J connectivity index is 1.95. The molecule has 8 heteroatoms.